The molecule has 0 N–H and O–H groups in total. The molecule has 0 radical (unpaired) electrons. The second-order valence-electron chi connectivity index (χ2n) is 11.8. The molecule has 5 aromatic carbocycles. The lowest BCUT2D eigenvalue weighted by Crippen LogP contribution is -2.10. The van der Waals surface area contributed by atoms with Crippen LogP contribution in [0.2, 0.25) is 0 Å². The van der Waals surface area contributed by atoms with Gasteiger partial charge in [-0.2, -0.15) is 0 Å². The molecule has 0 atom stereocenters. The van der Waals surface area contributed by atoms with Gasteiger partial charge >= 0.3 is 0 Å². The van der Waals surface area contributed by atoms with E-state index in [0.29, 0.717) is 0 Å². The van der Waals surface area contributed by atoms with Crippen LogP contribution in [0, 0.1) is 0 Å². The fourth-order valence-corrected chi connectivity index (χ4v) is 5.92. The molecule has 0 aliphatic carbocycles. The largest absolute Gasteiger partial charge is 0.497 e. The van der Waals surface area contributed by atoms with Crippen LogP contribution in [0.1, 0.15) is 76.3 Å². The van der Waals surface area contributed by atoms with Gasteiger partial charge in [-0.3, -0.25) is 0 Å². The van der Waals surface area contributed by atoms with Crippen LogP contribution in [0.4, 0.5) is 17.1 Å². The Morgan fingerprint density at radius 1 is 0.465 bits per heavy atom. The molecule has 0 heterocycles. The first-order chi connectivity index (χ1) is 21.2. The smallest absolute Gasteiger partial charge is 0.119 e. The molecule has 0 unspecified atom stereocenters. The van der Waals surface area contributed by atoms with E-state index in [1.54, 1.807) is 7.11 Å². The van der Waals surface area contributed by atoms with Gasteiger partial charge in [-0.25, -0.2) is 0 Å². The number of aryl methyl sites for hydroxylation is 2. The van der Waals surface area contributed by atoms with Crippen molar-refractivity contribution in [1.29, 1.82) is 0 Å². The van der Waals surface area contributed by atoms with Crippen molar-refractivity contribution in [3.8, 4) is 16.9 Å². The number of nitrogens with zero attached hydrogens (tertiary/aromatic N) is 1. The van der Waals surface area contributed by atoms with Crippen LogP contribution >= 0.6 is 0 Å². The number of hydrogen-bond acceptors (Lipinski definition) is 2. The molecule has 0 saturated carbocycles. The number of unbranched alkanes of at least 4 members (excludes halogenated alkanes) is 6. The van der Waals surface area contributed by atoms with Crippen molar-refractivity contribution in [3.63, 3.8) is 0 Å². The summed E-state index contributed by atoms with van der Waals surface area (Å²) in [6, 6.07) is 40.3. The van der Waals surface area contributed by atoms with Gasteiger partial charge in [-0.05, 0) is 113 Å². The molecule has 2 heteroatoms. The van der Waals surface area contributed by atoms with Crippen LogP contribution in [-0.2, 0) is 12.8 Å². The fourth-order valence-electron chi connectivity index (χ4n) is 5.92. The van der Waals surface area contributed by atoms with E-state index in [0.717, 1.165) is 18.6 Å². The first-order valence-electron chi connectivity index (χ1n) is 16.3. The molecule has 0 spiro atoms. The molecule has 0 bridgehead atoms. The zero-order valence-corrected chi connectivity index (χ0v) is 26.3. The van der Waals surface area contributed by atoms with Gasteiger partial charge in [-0.15, -0.1) is 0 Å². The Morgan fingerprint density at radius 2 is 0.930 bits per heavy atom. The summed E-state index contributed by atoms with van der Waals surface area (Å²) in [5.41, 5.74) is 8.83. The number of ether oxygens (including phenoxy) is 1. The lowest BCUT2D eigenvalue weighted by molar-refractivity contribution is 0.415. The van der Waals surface area contributed by atoms with Gasteiger partial charge in [0.2, 0.25) is 0 Å². The van der Waals surface area contributed by atoms with E-state index in [1.165, 1.54) is 101 Å². The van der Waals surface area contributed by atoms with Gasteiger partial charge in [0.25, 0.3) is 0 Å². The summed E-state index contributed by atoms with van der Waals surface area (Å²) in [6.07, 6.45) is 12.7. The highest BCUT2D eigenvalue weighted by atomic mass is 16.5. The normalized spacial score (nSPS) is 11.1. The minimum atomic E-state index is 0.888. The van der Waals surface area contributed by atoms with E-state index in [1.807, 2.05) is 6.07 Å². The molecule has 222 valence electrons. The Hall–Kier alpha value is -4.04. The Labute approximate surface area is 259 Å². The van der Waals surface area contributed by atoms with Crippen molar-refractivity contribution in [2.75, 3.05) is 12.0 Å². The predicted octanol–water partition coefficient (Wildman–Crippen LogP) is 12.2. The molecular formula is C41H47NO. The summed E-state index contributed by atoms with van der Waals surface area (Å²) in [6.45, 7) is 4.54. The second kappa shape index (κ2) is 15.4. The Bertz CT molecular complexity index is 1500. The summed E-state index contributed by atoms with van der Waals surface area (Å²) in [4.78, 5) is 2.39. The van der Waals surface area contributed by atoms with E-state index in [4.69, 9.17) is 4.74 Å². The summed E-state index contributed by atoms with van der Waals surface area (Å²) >= 11 is 0. The highest BCUT2D eigenvalue weighted by molar-refractivity contribution is 5.89. The van der Waals surface area contributed by atoms with Crippen molar-refractivity contribution >= 4 is 27.8 Å². The molecule has 5 rings (SSSR count). The van der Waals surface area contributed by atoms with Crippen molar-refractivity contribution in [2.24, 2.45) is 0 Å². The molecule has 2 nitrogen and oxygen atoms in total. The van der Waals surface area contributed by atoms with Crippen molar-refractivity contribution in [1.82, 2.24) is 0 Å². The molecule has 0 amide bonds. The molecule has 0 fully saturated rings. The maximum Gasteiger partial charge on any atom is 0.119 e. The zero-order valence-electron chi connectivity index (χ0n) is 26.3. The number of benzene rings is 5. The third-order valence-electron chi connectivity index (χ3n) is 8.53. The van der Waals surface area contributed by atoms with Crippen LogP contribution < -0.4 is 9.64 Å². The molecule has 0 saturated heterocycles. The highest BCUT2D eigenvalue weighted by Crippen LogP contribution is 2.36. The minimum absolute atomic E-state index is 0.888. The molecule has 0 aliphatic rings. The number of methoxy groups -OCH3 is 1. The van der Waals surface area contributed by atoms with Gasteiger partial charge < -0.3 is 9.64 Å². The van der Waals surface area contributed by atoms with Crippen LogP contribution in [-0.4, -0.2) is 7.11 Å². The number of hydrogen-bond donors (Lipinski definition) is 0. The zero-order chi connectivity index (χ0) is 29.9. The van der Waals surface area contributed by atoms with Crippen molar-refractivity contribution < 1.29 is 4.74 Å². The first kappa shape index (κ1) is 30.4. The fraction of sp³-hybridized carbons (Fsp3) is 0.317. The standard InChI is InChI=1S/C41H47NO/c1-4-6-8-10-12-32-14-23-38(24-15-32)42(39-25-16-33(17-26-39)13-11-9-7-5-2)40-27-20-34(21-28-40)35-18-19-37-31-41(43-3)29-22-36(37)30-35/h14-31H,4-13H2,1-3H3. The van der Waals surface area contributed by atoms with Crippen LogP contribution in [0.15, 0.2) is 109 Å². The van der Waals surface area contributed by atoms with Gasteiger partial charge in [0.05, 0.1) is 7.11 Å². The number of rotatable bonds is 15. The summed E-state index contributed by atoms with van der Waals surface area (Å²) in [7, 11) is 1.71. The molecule has 0 aliphatic heterocycles. The molecule has 0 aromatic heterocycles. The van der Waals surface area contributed by atoms with E-state index in [2.05, 4.69) is 122 Å². The predicted molar refractivity (Wildman–Crippen MR) is 186 cm³/mol. The quantitative estimate of drug-likeness (QED) is 0.116. The second-order valence-corrected chi connectivity index (χ2v) is 11.8. The van der Waals surface area contributed by atoms with Crippen LogP contribution in [0.5, 0.6) is 5.75 Å². The minimum Gasteiger partial charge on any atom is -0.497 e. The first-order valence-corrected chi connectivity index (χ1v) is 16.3. The van der Waals surface area contributed by atoms with E-state index in [-0.39, 0.29) is 0 Å². The van der Waals surface area contributed by atoms with Crippen LogP contribution in [0.3, 0.4) is 0 Å². The highest BCUT2D eigenvalue weighted by Gasteiger charge is 2.13. The summed E-state index contributed by atoms with van der Waals surface area (Å²) in [5.74, 6) is 0.888. The third-order valence-corrected chi connectivity index (χ3v) is 8.53. The summed E-state index contributed by atoms with van der Waals surface area (Å²) < 4.78 is 5.41. The maximum atomic E-state index is 5.41. The summed E-state index contributed by atoms with van der Waals surface area (Å²) in [5, 5.41) is 2.40. The number of fused-ring (bicyclic) bond motifs is 1. The van der Waals surface area contributed by atoms with E-state index >= 15 is 0 Å². The van der Waals surface area contributed by atoms with Crippen molar-refractivity contribution in [2.45, 2.75) is 78.1 Å². The topological polar surface area (TPSA) is 12.5 Å². The lowest BCUT2D eigenvalue weighted by Gasteiger charge is -2.26. The van der Waals surface area contributed by atoms with E-state index in [9.17, 15) is 0 Å². The van der Waals surface area contributed by atoms with Gasteiger partial charge in [-0.1, -0.05) is 107 Å². The number of anilines is 3. The van der Waals surface area contributed by atoms with Crippen LogP contribution in [0.25, 0.3) is 21.9 Å². The van der Waals surface area contributed by atoms with Crippen molar-refractivity contribution in [3.05, 3.63) is 120 Å². The Balaban J connectivity index is 1.40. The molecular weight excluding hydrogens is 522 g/mol. The monoisotopic (exact) mass is 569 g/mol. The average molecular weight is 570 g/mol. The Morgan fingerprint density at radius 3 is 1.44 bits per heavy atom. The Kier molecular flexibility index (Phi) is 10.9. The molecule has 43 heavy (non-hydrogen) atoms. The third kappa shape index (κ3) is 8.08. The van der Waals surface area contributed by atoms with Gasteiger partial charge in [0, 0.05) is 17.1 Å². The SMILES string of the molecule is CCCCCCc1ccc(N(c2ccc(CCCCCC)cc2)c2ccc(-c3ccc4cc(OC)ccc4c3)cc2)cc1. The van der Waals surface area contributed by atoms with Gasteiger partial charge in [0.15, 0.2) is 0 Å². The average Bonchev–Trinajstić information content (AvgIpc) is 3.06. The maximum absolute atomic E-state index is 5.41. The van der Waals surface area contributed by atoms with Gasteiger partial charge in [0.1, 0.15) is 5.75 Å². The van der Waals surface area contributed by atoms with E-state index < -0.39 is 0 Å². The lowest BCUT2D eigenvalue weighted by atomic mass is 10.0. The molecule has 5 aromatic rings.